The summed E-state index contributed by atoms with van der Waals surface area (Å²) < 4.78 is 3.65. The van der Waals surface area contributed by atoms with Crippen molar-refractivity contribution in [3.63, 3.8) is 0 Å². The summed E-state index contributed by atoms with van der Waals surface area (Å²) >= 11 is 6.00. The van der Waals surface area contributed by atoms with E-state index >= 15 is 0 Å². The highest BCUT2D eigenvalue weighted by Gasteiger charge is 2.18. The second kappa shape index (κ2) is 9.08. The van der Waals surface area contributed by atoms with Crippen LogP contribution in [0.1, 0.15) is 17.4 Å². The van der Waals surface area contributed by atoms with Crippen LogP contribution in [0.4, 0.5) is 17.6 Å². The van der Waals surface area contributed by atoms with Gasteiger partial charge in [-0.15, -0.1) is 10.2 Å². The summed E-state index contributed by atoms with van der Waals surface area (Å²) in [6, 6.07) is 14.9. The molecular formula is C23H23ClN10. The largest absolute Gasteiger partial charge is 0.374 e. The summed E-state index contributed by atoms with van der Waals surface area (Å²) in [4.78, 5) is 8.98. The molecule has 0 aliphatic carbocycles. The predicted octanol–water partition coefficient (Wildman–Crippen LogP) is 3.60. The molecule has 0 saturated carbocycles. The van der Waals surface area contributed by atoms with E-state index in [0.29, 0.717) is 28.9 Å². The molecule has 1 atom stereocenters. The van der Waals surface area contributed by atoms with Gasteiger partial charge >= 0.3 is 0 Å². The number of hydrogen-bond donors (Lipinski definition) is 3. The summed E-state index contributed by atoms with van der Waals surface area (Å²) in [5.41, 5.74) is 9.89. The lowest BCUT2D eigenvalue weighted by molar-refractivity contribution is 0.659. The maximum atomic E-state index is 6.52. The molecule has 0 radical (unpaired) electrons. The number of nitrogens with two attached hydrogens (primary N) is 1. The highest BCUT2D eigenvalue weighted by Crippen LogP contribution is 2.27. The Hall–Kier alpha value is -4.02. The van der Waals surface area contributed by atoms with Crippen LogP contribution in [0.3, 0.4) is 0 Å². The molecule has 4 N–H and O–H groups in total. The van der Waals surface area contributed by atoms with Gasteiger partial charge in [-0.2, -0.15) is 5.10 Å². The van der Waals surface area contributed by atoms with E-state index in [1.54, 1.807) is 17.1 Å². The third kappa shape index (κ3) is 4.28. The lowest BCUT2D eigenvalue weighted by Gasteiger charge is -2.14. The van der Waals surface area contributed by atoms with Crippen molar-refractivity contribution in [1.29, 1.82) is 0 Å². The SMILES string of the molecule is CNc1cc(-c2ccnc(Nc3ccnn3C)n2)cc2nnc(C(N)Cc3ccc(Cl)cc3)n12. The van der Waals surface area contributed by atoms with Gasteiger partial charge in [-0.3, -0.25) is 9.08 Å². The summed E-state index contributed by atoms with van der Waals surface area (Å²) in [5, 5.41) is 20.0. The van der Waals surface area contributed by atoms with Crippen LogP contribution in [0, 0.1) is 0 Å². The first-order valence-electron chi connectivity index (χ1n) is 10.7. The van der Waals surface area contributed by atoms with Crippen molar-refractivity contribution in [3.05, 3.63) is 77.3 Å². The van der Waals surface area contributed by atoms with Crippen molar-refractivity contribution < 1.29 is 0 Å². The summed E-state index contributed by atoms with van der Waals surface area (Å²) in [6.07, 6.45) is 4.03. The minimum Gasteiger partial charge on any atom is -0.374 e. The number of rotatable bonds is 7. The van der Waals surface area contributed by atoms with E-state index in [1.165, 1.54) is 0 Å². The molecule has 0 fully saturated rings. The molecule has 0 saturated heterocycles. The molecule has 1 unspecified atom stereocenters. The number of nitrogens with one attached hydrogen (secondary N) is 2. The van der Waals surface area contributed by atoms with E-state index in [2.05, 4.69) is 35.9 Å². The van der Waals surface area contributed by atoms with Gasteiger partial charge < -0.3 is 16.4 Å². The summed E-state index contributed by atoms with van der Waals surface area (Å²) in [6.45, 7) is 0. The second-order valence-electron chi connectivity index (χ2n) is 7.80. The van der Waals surface area contributed by atoms with Crippen molar-refractivity contribution >= 4 is 34.8 Å². The normalized spacial score (nSPS) is 12.1. The molecule has 0 amide bonds. The fourth-order valence-corrected chi connectivity index (χ4v) is 3.90. The molecule has 5 rings (SSSR count). The average Bonchev–Trinajstić information content (AvgIpc) is 3.46. The van der Waals surface area contributed by atoms with Gasteiger partial charge in [-0.1, -0.05) is 23.7 Å². The highest BCUT2D eigenvalue weighted by atomic mass is 35.5. The van der Waals surface area contributed by atoms with Gasteiger partial charge in [0.1, 0.15) is 11.6 Å². The zero-order valence-electron chi connectivity index (χ0n) is 18.6. The average molecular weight is 475 g/mol. The second-order valence-corrected chi connectivity index (χ2v) is 8.24. The number of aromatic nitrogens is 7. The predicted molar refractivity (Wildman–Crippen MR) is 132 cm³/mol. The highest BCUT2D eigenvalue weighted by molar-refractivity contribution is 6.30. The van der Waals surface area contributed by atoms with Crippen LogP contribution in [-0.2, 0) is 13.5 Å². The first-order chi connectivity index (χ1) is 16.5. The first kappa shape index (κ1) is 21.8. The minimum absolute atomic E-state index is 0.345. The lowest BCUT2D eigenvalue weighted by Crippen LogP contribution is -2.18. The topological polar surface area (TPSA) is 124 Å². The number of aryl methyl sites for hydroxylation is 1. The van der Waals surface area contributed by atoms with Gasteiger partial charge in [-0.05, 0) is 42.3 Å². The standard InChI is InChI=1S/C23H23ClN10/c1-26-20-12-15(18-7-9-27-23(29-18)30-19-8-10-28-33(19)2)13-21-31-32-22(34(20)21)17(25)11-14-3-5-16(24)6-4-14/h3-10,12-13,17,26H,11,25H2,1-2H3,(H,27,29,30). The Balaban J connectivity index is 1.47. The van der Waals surface area contributed by atoms with Crippen LogP contribution in [0.2, 0.25) is 5.02 Å². The monoisotopic (exact) mass is 474 g/mol. The molecule has 11 heteroatoms. The van der Waals surface area contributed by atoms with Crippen molar-refractivity contribution in [3.8, 4) is 11.3 Å². The van der Waals surface area contributed by atoms with E-state index in [-0.39, 0.29) is 6.04 Å². The first-order valence-corrected chi connectivity index (χ1v) is 11.0. The van der Waals surface area contributed by atoms with Crippen molar-refractivity contribution in [2.45, 2.75) is 12.5 Å². The third-order valence-corrected chi connectivity index (χ3v) is 5.75. The van der Waals surface area contributed by atoms with Crippen LogP contribution in [0.25, 0.3) is 16.9 Å². The van der Waals surface area contributed by atoms with Crippen LogP contribution >= 0.6 is 11.6 Å². The number of nitrogens with zero attached hydrogens (tertiary/aromatic N) is 7. The minimum atomic E-state index is -0.345. The molecule has 0 spiro atoms. The van der Waals surface area contributed by atoms with E-state index in [4.69, 9.17) is 17.3 Å². The van der Waals surface area contributed by atoms with Crippen LogP contribution in [-0.4, -0.2) is 41.4 Å². The maximum Gasteiger partial charge on any atom is 0.228 e. The fourth-order valence-electron chi connectivity index (χ4n) is 3.77. The molecule has 10 nitrogen and oxygen atoms in total. The van der Waals surface area contributed by atoms with Gasteiger partial charge in [0.25, 0.3) is 0 Å². The molecule has 34 heavy (non-hydrogen) atoms. The molecule has 4 aromatic heterocycles. The molecule has 0 aliphatic heterocycles. The van der Waals surface area contributed by atoms with Gasteiger partial charge in [0.2, 0.25) is 5.95 Å². The third-order valence-electron chi connectivity index (χ3n) is 5.50. The maximum absolute atomic E-state index is 6.52. The summed E-state index contributed by atoms with van der Waals surface area (Å²) in [7, 11) is 3.70. The number of benzene rings is 1. The number of fused-ring (bicyclic) bond motifs is 1. The quantitative estimate of drug-likeness (QED) is 0.327. The Labute approximate surface area is 200 Å². The zero-order valence-corrected chi connectivity index (χ0v) is 19.4. The van der Waals surface area contributed by atoms with Crippen LogP contribution in [0.5, 0.6) is 0 Å². The number of anilines is 3. The van der Waals surface area contributed by atoms with Gasteiger partial charge in [0, 0.05) is 36.9 Å². The van der Waals surface area contributed by atoms with E-state index in [1.807, 2.05) is 67.0 Å². The van der Waals surface area contributed by atoms with E-state index in [9.17, 15) is 0 Å². The molecule has 0 aliphatic rings. The fraction of sp³-hybridized carbons (Fsp3) is 0.174. The number of hydrogen-bond acceptors (Lipinski definition) is 8. The van der Waals surface area contributed by atoms with Crippen LogP contribution in [0.15, 0.2) is 60.9 Å². The smallest absolute Gasteiger partial charge is 0.228 e. The van der Waals surface area contributed by atoms with Gasteiger partial charge in [0.15, 0.2) is 11.5 Å². The van der Waals surface area contributed by atoms with Gasteiger partial charge in [0.05, 0.1) is 17.9 Å². The Bertz CT molecular complexity index is 1440. The number of pyridine rings is 1. The van der Waals surface area contributed by atoms with E-state index < -0.39 is 0 Å². The Morgan fingerprint density at radius 2 is 1.85 bits per heavy atom. The molecule has 5 aromatic rings. The Morgan fingerprint density at radius 1 is 1.03 bits per heavy atom. The number of halogens is 1. The molecular weight excluding hydrogens is 452 g/mol. The van der Waals surface area contributed by atoms with Crippen molar-refractivity contribution in [2.24, 2.45) is 12.8 Å². The van der Waals surface area contributed by atoms with E-state index in [0.717, 1.165) is 28.5 Å². The zero-order chi connectivity index (χ0) is 23.7. The molecule has 172 valence electrons. The molecule has 4 heterocycles. The van der Waals surface area contributed by atoms with Crippen LogP contribution < -0.4 is 16.4 Å². The molecule has 0 bridgehead atoms. The lowest BCUT2D eigenvalue weighted by atomic mass is 10.1. The molecule has 1 aromatic carbocycles. The van der Waals surface area contributed by atoms with Crippen molar-refractivity contribution in [2.75, 3.05) is 17.7 Å². The summed E-state index contributed by atoms with van der Waals surface area (Å²) in [5.74, 6) is 2.74. The van der Waals surface area contributed by atoms with Crippen molar-refractivity contribution in [1.82, 2.24) is 34.3 Å². The van der Waals surface area contributed by atoms with Gasteiger partial charge in [-0.25, -0.2) is 9.97 Å². The Kier molecular flexibility index (Phi) is 5.83. The Morgan fingerprint density at radius 3 is 2.59 bits per heavy atom.